The lowest BCUT2D eigenvalue weighted by Crippen LogP contribution is -2.15. The summed E-state index contributed by atoms with van der Waals surface area (Å²) in [6.45, 7) is 0. The number of rotatable bonds is 4. The van der Waals surface area contributed by atoms with E-state index in [1.807, 2.05) is 0 Å². The summed E-state index contributed by atoms with van der Waals surface area (Å²) < 4.78 is 27.0. The van der Waals surface area contributed by atoms with Crippen molar-refractivity contribution >= 4 is 49.3 Å². The fourth-order valence-electron chi connectivity index (χ4n) is 1.43. The zero-order valence-electron chi connectivity index (χ0n) is 10.1. The molecule has 7 nitrogen and oxygen atoms in total. The van der Waals surface area contributed by atoms with Gasteiger partial charge in [0.25, 0.3) is 10.0 Å². The highest BCUT2D eigenvalue weighted by molar-refractivity contribution is 9.10. The highest BCUT2D eigenvalue weighted by Crippen LogP contribution is 2.25. The minimum absolute atomic E-state index is 0.0253. The van der Waals surface area contributed by atoms with Crippen molar-refractivity contribution in [2.24, 2.45) is 0 Å². The van der Waals surface area contributed by atoms with E-state index in [4.69, 9.17) is 16.7 Å². The molecule has 2 rings (SSSR count). The number of nitrogens with one attached hydrogen (secondary N) is 1. The first-order valence-electron chi connectivity index (χ1n) is 5.34. The van der Waals surface area contributed by atoms with E-state index in [0.29, 0.717) is 0 Å². The second kappa shape index (κ2) is 5.96. The molecule has 0 aliphatic rings. The Morgan fingerprint density at radius 1 is 1.33 bits per heavy atom. The van der Waals surface area contributed by atoms with Crippen LogP contribution in [0.25, 0.3) is 0 Å². The molecule has 0 aliphatic carbocycles. The summed E-state index contributed by atoms with van der Waals surface area (Å²) >= 11 is 8.65. The van der Waals surface area contributed by atoms with Crippen LogP contribution in [-0.2, 0) is 10.0 Å². The molecule has 110 valence electrons. The first-order chi connectivity index (χ1) is 9.79. The summed E-state index contributed by atoms with van der Waals surface area (Å²) in [4.78, 5) is 18.0. The maximum Gasteiger partial charge on any atom is 0.335 e. The van der Waals surface area contributed by atoms with Gasteiger partial charge >= 0.3 is 5.97 Å². The van der Waals surface area contributed by atoms with Crippen molar-refractivity contribution in [1.29, 1.82) is 0 Å². The van der Waals surface area contributed by atoms with Gasteiger partial charge in [-0.3, -0.25) is 4.72 Å². The molecule has 0 amide bonds. The van der Waals surface area contributed by atoms with E-state index in [2.05, 4.69) is 30.6 Å². The van der Waals surface area contributed by atoms with Gasteiger partial charge in [0, 0.05) is 10.7 Å². The molecule has 0 unspecified atom stereocenters. The standard InChI is InChI=1S/C11H7BrClN3O4S/c12-7-2-1-6(10(17)18)5-8(7)21(19,20)16-9-3-4-14-11(13)15-9/h1-5H,(H,17,18)(H,14,15,16). The number of sulfonamides is 1. The Morgan fingerprint density at radius 2 is 2.05 bits per heavy atom. The molecular formula is C11H7BrClN3O4S. The summed E-state index contributed by atoms with van der Waals surface area (Å²) in [5, 5.41) is 8.81. The fourth-order valence-corrected chi connectivity index (χ4v) is 3.57. The maximum absolute atomic E-state index is 12.3. The Bertz CT molecular complexity index is 813. The van der Waals surface area contributed by atoms with Gasteiger partial charge in [-0.2, -0.15) is 4.98 Å². The summed E-state index contributed by atoms with van der Waals surface area (Å²) in [5.41, 5.74) is -0.153. The number of carbonyl (C=O) groups is 1. The minimum Gasteiger partial charge on any atom is -0.478 e. The van der Waals surface area contributed by atoms with Gasteiger partial charge in [0.2, 0.25) is 5.28 Å². The van der Waals surface area contributed by atoms with E-state index >= 15 is 0 Å². The van der Waals surface area contributed by atoms with Gasteiger partial charge in [-0.05, 0) is 51.8 Å². The number of aromatic carboxylic acids is 1. The molecule has 0 spiro atoms. The van der Waals surface area contributed by atoms with Gasteiger partial charge in [-0.25, -0.2) is 18.2 Å². The van der Waals surface area contributed by atoms with Gasteiger partial charge in [0.1, 0.15) is 10.7 Å². The number of hydrogen-bond donors (Lipinski definition) is 2. The van der Waals surface area contributed by atoms with Crippen molar-refractivity contribution < 1.29 is 18.3 Å². The molecule has 0 aliphatic heterocycles. The van der Waals surface area contributed by atoms with Crippen LogP contribution in [0, 0.1) is 0 Å². The Kier molecular flexibility index (Phi) is 4.45. The third-order valence-electron chi connectivity index (χ3n) is 2.33. The predicted molar refractivity (Wildman–Crippen MR) is 79.0 cm³/mol. The topological polar surface area (TPSA) is 109 Å². The second-order valence-corrected chi connectivity index (χ2v) is 6.61. The van der Waals surface area contributed by atoms with Crippen molar-refractivity contribution in [2.45, 2.75) is 4.90 Å². The number of aromatic nitrogens is 2. The van der Waals surface area contributed by atoms with E-state index in [0.717, 1.165) is 6.07 Å². The molecule has 2 aromatic rings. The normalized spacial score (nSPS) is 11.1. The van der Waals surface area contributed by atoms with Crippen molar-refractivity contribution in [3.05, 3.63) is 45.8 Å². The summed E-state index contributed by atoms with van der Waals surface area (Å²) in [6.07, 6.45) is 1.29. The van der Waals surface area contributed by atoms with Gasteiger partial charge in [-0.1, -0.05) is 0 Å². The lowest BCUT2D eigenvalue weighted by molar-refractivity contribution is 0.0696. The van der Waals surface area contributed by atoms with Gasteiger partial charge in [0.05, 0.1) is 5.56 Å². The lowest BCUT2D eigenvalue weighted by Gasteiger charge is -2.09. The molecular weight excluding hydrogens is 386 g/mol. The van der Waals surface area contributed by atoms with Crippen molar-refractivity contribution in [1.82, 2.24) is 9.97 Å². The molecule has 2 N–H and O–H groups in total. The smallest absolute Gasteiger partial charge is 0.335 e. The molecule has 0 atom stereocenters. The van der Waals surface area contributed by atoms with Gasteiger partial charge in [-0.15, -0.1) is 0 Å². The number of carboxylic acids is 1. The SMILES string of the molecule is O=C(O)c1ccc(Br)c(S(=O)(=O)Nc2ccnc(Cl)n2)c1. The van der Waals surface area contributed by atoms with Crippen LogP contribution in [0.15, 0.2) is 39.8 Å². The Balaban J connectivity index is 2.44. The highest BCUT2D eigenvalue weighted by Gasteiger charge is 2.20. The first kappa shape index (κ1) is 15.7. The molecule has 0 saturated heterocycles. The molecule has 1 aromatic heterocycles. The first-order valence-corrected chi connectivity index (χ1v) is 7.99. The average molecular weight is 393 g/mol. The van der Waals surface area contributed by atoms with Crippen LogP contribution in [0.1, 0.15) is 10.4 Å². The molecule has 1 aromatic carbocycles. The van der Waals surface area contributed by atoms with Crippen LogP contribution in [-0.4, -0.2) is 29.5 Å². The van der Waals surface area contributed by atoms with E-state index in [9.17, 15) is 13.2 Å². The zero-order valence-corrected chi connectivity index (χ0v) is 13.3. The van der Waals surface area contributed by atoms with E-state index in [-0.39, 0.29) is 26.0 Å². The molecule has 0 saturated carbocycles. The van der Waals surface area contributed by atoms with E-state index in [1.54, 1.807) is 0 Å². The molecule has 21 heavy (non-hydrogen) atoms. The zero-order chi connectivity index (χ0) is 15.6. The molecule has 0 bridgehead atoms. The summed E-state index contributed by atoms with van der Waals surface area (Å²) in [7, 11) is -4.03. The Morgan fingerprint density at radius 3 is 2.67 bits per heavy atom. The van der Waals surface area contributed by atoms with Crippen molar-refractivity contribution in [3.63, 3.8) is 0 Å². The molecule has 0 radical (unpaired) electrons. The van der Waals surface area contributed by atoms with Gasteiger partial charge < -0.3 is 5.11 Å². The molecule has 0 fully saturated rings. The van der Waals surface area contributed by atoms with Crippen LogP contribution in [0.2, 0.25) is 5.28 Å². The Hall–Kier alpha value is -1.71. The Labute approximate surface area is 133 Å². The summed E-state index contributed by atoms with van der Waals surface area (Å²) in [5.74, 6) is -1.26. The molecule has 1 heterocycles. The van der Waals surface area contributed by atoms with Crippen LogP contribution >= 0.6 is 27.5 Å². The van der Waals surface area contributed by atoms with E-state index < -0.39 is 16.0 Å². The number of anilines is 1. The quantitative estimate of drug-likeness (QED) is 0.773. The predicted octanol–water partition coefficient (Wildman–Crippen LogP) is 2.39. The third kappa shape index (κ3) is 3.69. The van der Waals surface area contributed by atoms with E-state index in [1.165, 1.54) is 24.4 Å². The fraction of sp³-hybridized carbons (Fsp3) is 0. The minimum atomic E-state index is -4.03. The highest BCUT2D eigenvalue weighted by atomic mass is 79.9. The monoisotopic (exact) mass is 391 g/mol. The second-order valence-electron chi connectivity index (χ2n) is 3.77. The maximum atomic E-state index is 12.3. The van der Waals surface area contributed by atoms with Gasteiger partial charge in [0.15, 0.2) is 0 Å². The number of hydrogen-bond acceptors (Lipinski definition) is 5. The lowest BCUT2D eigenvalue weighted by atomic mass is 10.2. The van der Waals surface area contributed by atoms with Crippen LogP contribution in [0.4, 0.5) is 5.82 Å². The van der Waals surface area contributed by atoms with Crippen LogP contribution < -0.4 is 4.72 Å². The number of halogens is 2. The van der Waals surface area contributed by atoms with Crippen LogP contribution in [0.5, 0.6) is 0 Å². The van der Waals surface area contributed by atoms with Crippen molar-refractivity contribution in [3.8, 4) is 0 Å². The number of benzene rings is 1. The number of carboxylic acid groups (broad SMARTS) is 1. The third-order valence-corrected chi connectivity index (χ3v) is 4.86. The van der Waals surface area contributed by atoms with Crippen LogP contribution in [0.3, 0.4) is 0 Å². The number of nitrogens with zero attached hydrogens (tertiary/aromatic N) is 2. The average Bonchev–Trinajstić information content (AvgIpc) is 2.38. The largest absolute Gasteiger partial charge is 0.478 e. The summed E-state index contributed by atoms with van der Waals surface area (Å²) in [6, 6.07) is 4.98. The van der Waals surface area contributed by atoms with Crippen molar-refractivity contribution in [2.75, 3.05) is 4.72 Å². The molecule has 10 heteroatoms.